The van der Waals surface area contributed by atoms with Crippen molar-refractivity contribution in [1.82, 2.24) is 10.2 Å². The average molecular weight is 230 g/mol. The minimum absolute atomic E-state index is 0.618. The van der Waals surface area contributed by atoms with E-state index in [-0.39, 0.29) is 0 Å². The second-order valence-electron chi connectivity index (χ2n) is 4.97. The topological polar surface area (TPSA) is 15.3 Å². The molecule has 1 aliphatic heterocycles. The molecule has 0 aromatic rings. The van der Waals surface area contributed by atoms with Crippen LogP contribution in [0.15, 0.2) is 0 Å². The van der Waals surface area contributed by atoms with Gasteiger partial charge in [-0.05, 0) is 25.6 Å². The van der Waals surface area contributed by atoms with Crippen LogP contribution in [0.2, 0.25) is 0 Å². The van der Waals surface area contributed by atoms with Crippen LogP contribution in [0, 0.1) is 0 Å². The van der Waals surface area contributed by atoms with Gasteiger partial charge < -0.3 is 10.2 Å². The maximum atomic E-state index is 3.65. The first-order chi connectivity index (χ1) is 7.11. The number of nitrogens with one attached hydrogen (secondary N) is 1. The molecule has 0 saturated carbocycles. The highest BCUT2D eigenvalue weighted by Gasteiger charge is 2.20. The van der Waals surface area contributed by atoms with Crippen LogP contribution in [0.5, 0.6) is 0 Å². The first-order valence-corrected chi connectivity index (χ1v) is 7.41. The summed E-state index contributed by atoms with van der Waals surface area (Å²) in [7, 11) is 0. The van der Waals surface area contributed by atoms with Crippen molar-refractivity contribution in [2.45, 2.75) is 50.9 Å². The number of likely N-dealkylation sites (tertiary alicyclic amines) is 1. The van der Waals surface area contributed by atoms with Crippen LogP contribution < -0.4 is 5.32 Å². The zero-order chi connectivity index (χ0) is 11.3. The Morgan fingerprint density at radius 2 is 2.13 bits per heavy atom. The predicted octanol–water partition coefficient (Wildman–Crippen LogP) is 2.20. The lowest BCUT2D eigenvalue weighted by molar-refractivity contribution is 0.188. The van der Waals surface area contributed by atoms with Crippen molar-refractivity contribution in [3.63, 3.8) is 0 Å². The van der Waals surface area contributed by atoms with E-state index in [2.05, 4.69) is 37.2 Å². The average Bonchev–Trinajstić information content (AvgIpc) is 2.17. The number of hydrogen-bond acceptors (Lipinski definition) is 3. The van der Waals surface area contributed by atoms with E-state index in [0.29, 0.717) is 12.1 Å². The standard InChI is InChI=1S/C12H26N2S/c1-10(2)13-12-6-5-7-14(9-12)8-11(3)15-4/h10-13H,5-9H2,1-4H3. The Kier molecular flexibility index (Phi) is 6.02. The Morgan fingerprint density at radius 1 is 1.40 bits per heavy atom. The van der Waals surface area contributed by atoms with Crippen LogP contribution >= 0.6 is 11.8 Å². The second-order valence-corrected chi connectivity index (χ2v) is 6.24. The molecule has 1 N–H and O–H groups in total. The number of hydrogen-bond donors (Lipinski definition) is 1. The van der Waals surface area contributed by atoms with Gasteiger partial charge in [0, 0.05) is 30.4 Å². The van der Waals surface area contributed by atoms with E-state index in [1.807, 2.05) is 11.8 Å². The fourth-order valence-electron chi connectivity index (χ4n) is 2.27. The highest BCUT2D eigenvalue weighted by atomic mass is 32.2. The monoisotopic (exact) mass is 230 g/mol. The van der Waals surface area contributed by atoms with Gasteiger partial charge in [-0.25, -0.2) is 0 Å². The maximum absolute atomic E-state index is 3.65. The summed E-state index contributed by atoms with van der Waals surface area (Å²) in [4.78, 5) is 2.62. The maximum Gasteiger partial charge on any atom is 0.0197 e. The minimum atomic E-state index is 0.618. The molecule has 1 fully saturated rings. The van der Waals surface area contributed by atoms with Gasteiger partial charge in [-0.2, -0.15) is 11.8 Å². The fraction of sp³-hybridized carbons (Fsp3) is 1.00. The molecule has 0 amide bonds. The van der Waals surface area contributed by atoms with Gasteiger partial charge in [-0.3, -0.25) is 0 Å². The molecule has 0 aromatic carbocycles. The summed E-state index contributed by atoms with van der Waals surface area (Å²) in [5.74, 6) is 0. The van der Waals surface area contributed by atoms with Gasteiger partial charge in [0.2, 0.25) is 0 Å². The van der Waals surface area contributed by atoms with E-state index in [1.54, 1.807) is 0 Å². The lowest BCUT2D eigenvalue weighted by atomic mass is 10.0. The Hall–Kier alpha value is 0.270. The van der Waals surface area contributed by atoms with E-state index >= 15 is 0 Å². The highest BCUT2D eigenvalue weighted by Crippen LogP contribution is 2.14. The van der Waals surface area contributed by atoms with Crippen LogP contribution in [0.25, 0.3) is 0 Å². The third-order valence-electron chi connectivity index (χ3n) is 2.99. The molecule has 1 saturated heterocycles. The zero-order valence-electron chi connectivity index (χ0n) is 10.6. The van der Waals surface area contributed by atoms with Crippen molar-refractivity contribution in [3.8, 4) is 0 Å². The van der Waals surface area contributed by atoms with Gasteiger partial charge in [0.15, 0.2) is 0 Å². The van der Waals surface area contributed by atoms with Crippen molar-refractivity contribution in [2.75, 3.05) is 25.9 Å². The molecule has 1 rings (SSSR count). The molecule has 0 spiro atoms. The van der Waals surface area contributed by atoms with Gasteiger partial charge >= 0.3 is 0 Å². The minimum Gasteiger partial charge on any atom is -0.311 e. The summed E-state index contributed by atoms with van der Waals surface area (Å²) in [5.41, 5.74) is 0. The molecular weight excluding hydrogens is 204 g/mol. The second kappa shape index (κ2) is 6.77. The van der Waals surface area contributed by atoms with E-state index in [0.717, 1.165) is 5.25 Å². The number of rotatable bonds is 5. The smallest absolute Gasteiger partial charge is 0.0197 e. The van der Waals surface area contributed by atoms with E-state index < -0.39 is 0 Å². The molecule has 90 valence electrons. The lowest BCUT2D eigenvalue weighted by Gasteiger charge is -2.35. The number of thioether (sulfide) groups is 1. The molecule has 0 bridgehead atoms. The first kappa shape index (κ1) is 13.3. The van der Waals surface area contributed by atoms with E-state index in [1.165, 1.54) is 32.5 Å². The molecule has 0 radical (unpaired) electrons. The quantitative estimate of drug-likeness (QED) is 0.779. The summed E-state index contributed by atoms with van der Waals surface area (Å²) < 4.78 is 0. The summed E-state index contributed by atoms with van der Waals surface area (Å²) in [6, 6.07) is 1.33. The van der Waals surface area contributed by atoms with Crippen molar-refractivity contribution in [2.24, 2.45) is 0 Å². The molecule has 2 nitrogen and oxygen atoms in total. The summed E-state index contributed by atoms with van der Waals surface area (Å²) in [6.45, 7) is 10.6. The molecule has 0 aliphatic carbocycles. The van der Waals surface area contributed by atoms with Crippen LogP contribution in [0.4, 0.5) is 0 Å². The molecule has 0 aromatic heterocycles. The molecule has 2 unspecified atom stereocenters. The molecule has 15 heavy (non-hydrogen) atoms. The number of nitrogens with zero attached hydrogens (tertiary/aromatic N) is 1. The van der Waals surface area contributed by atoms with Crippen molar-refractivity contribution in [1.29, 1.82) is 0 Å². The first-order valence-electron chi connectivity index (χ1n) is 6.13. The van der Waals surface area contributed by atoms with Crippen molar-refractivity contribution in [3.05, 3.63) is 0 Å². The van der Waals surface area contributed by atoms with Crippen molar-refractivity contribution >= 4 is 11.8 Å². The fourth-order valence-corrected chi connectivity index (χ4v) is 2.63. The molecule has 3 heteroatoms. The SMILES string of the molecule is CSC(C)CN1CCCC(NC(C)C)C1. The summed E-state index contributed by atoms with van der Waals surface area (Å²) in [5, 5.41) is 4.42. The molecule has 1 heterocycles. The molecular formula is C12H26N2S. The van der Waals surface area contributed by atoms with Gasteiger partial charge in [0.1, 0.15) is 0 Å². The van der Waals surface area contributed by atoms with Gasteiger partial charge in [-0.1, -0.05) is 20.8 Å². The Morgan fingerprint density at radius 3 is 2.73 bits per heavy atom. The largest absolute Gasteiger partial charge is 0.311 e. The normalized spacial score (nSPS) is 25.8. The van der Waals surface area contributed by atoms with Crippen LogP contribution in [0.1, 0.15) is 33.6 Å². The van der Waals surface area contributed by atoms with Crippen LogP contribution in [0.3, 0.4) is 0 Å². The van der Waals surface area contributed by atoms with E-state index in [4.69, 9.17) is 0 Å². The highest BCUT2D eigenvalue weighted by molar-refractivity contribution is 7.99. The van der Waals surface area contributed by atoms with Gasteiger partial charge in [0.25, 0.3) is 0 Å². The Bertz CT molecular complexity index is 173. The summed E-state index contributed by atoms with van der Waals surface area (Å²) in [6.07, 6.45) is 4.91. The number of piperidine rings is 1. The lowest BCUT2D eigenvalue weighted by Crippen LogP contribution is -2.49. The van der Waals surface area contributed by atoms with Crippen molar-refractivity contribution < 1.29 is 0 Å². The molecule has 1 aliphatic rings. The zero-order valence-corrected chi connectivity index (χ0v) is 11.4. The van der Waals surface area contributed by atoms with E-state index in [9.17, 15) is 0 Å². The van der Waals surface area contributed by atoms with Gasteiger partial charge in [-0.15, -0.1) is 0 Å². The van der Waals surface area contributed by atoms with Crippen LogP contribution in [-0.4, -0.2) is 48.1 Å². The molecule has 2 atom stereocenters. The Balaban J connectivity index is 2.28. The third-order valence-corrected chi connectivity index (χ3v) is 3.95. The van der Waals surface area contributed by atoms with Gasteiger partial charge in [0.05, 0.1) is 0 Å². The predicted molar refractivity (Wildman–Crippen MR) is 70.7 cm³/mol. The summed E-state index contributed by atoms with van der Waals surface area (Å²) >= 11 is 1.97. The third kappa shape index (κ3) is 5.23. The Labute approximate surface area is 99.2 Å². The van der Waals surface area contributed by atoms with Crippen LogP contribution in [-0.2, 0) is 0 Å².